The minimum absolute atomic E-state index is 0.119. The summed E-state index contributed by atoms with van der Waals surface area (Å²) in [5, 5.41) is 11.5. The van der Waals surface area contributed by atoms with E-state index in [-0.39, 0.29) is 6.29 Å². The summed E-state index contributed by atoms with van der Waals surface area (Å²) in [5.41, 5.74) is 3.10. The smallest absolute Gasteiger partial charge is 0.159 e. The summed E-state index contributed by atoms with van der Waals surface area (Å²) in [6.45, 7) is 4.51. The maximum Gasteiger partial charge on any atom is 0.159 e. The maximum absolute atomic E-state index is 11.5. The molecule has 0 aromatic heterocycles. The monoisotopic (exact) mass is 397 g/mol. The highest BCUT2D eigenvalue weighted by molar-refractivity contribution is 5.53. The molecule has 0 radical (unpaired) electrons. The van der Waals surface area contributed by atoms with Crippen molar-refractivity contribution in [2.45, 2.75) is 38.1 Å². The van der Waals surface area contributed by atoms with Crippen molar-refractivity contribution in [1.82, 2.24) is 0 Å². The van der Waals surface area contributed by atoms with Crippen LogP contribution in [0.1, 0.15) is 36.0 Å². The highest BCUT2D eigenvalue weighted by Crippen LogP contribution is 2.42. The molecule has 5 heteroatoms. The van der Waals surface area contributed by atoms with Crippen molar-refractivity contribution >= 4 is 5.69 Å². The Kier molecular flexibility index (Phi) is 5.81. The first-order valence-electron chi connectivity index (χ1n) is 10.4. The molecule has 0 aliphatic carbocycles. The summed E-state index contributed by atoms with van der Waals surface area (Å²) in [6.07, 6.45) is 2.53. The molecule has 4 rings (SSSR count). The third kappa shape index (κ3) is 3.87. The number of piperidine rings is 1. The molecule has 0 saturated carbocycles. The van der Waals surface area contributed by atoms with E-state index in [4.69, 9.17) is 14.2 Å². The normalized spacial score (nSPS) is 22.4. The second-order valence-corrected chi connectivity index (χ2v) is 8.17. The van der Waals surface area contributed by atoms with Crippen molar-refractivity contribution in [3.05, 3.63) is 59.2 Å². The molecule has 1 fully saturated rings. The minimum atomic E-state index is -1.00. The molecule has 5 nitrogen and oxygen atoms in total. The van der Waals surface area contributed by atoms with Gasteiger partial charge in [0.1, 0.15) is 11.4 Å². The molecule has 1 saturated heterocycles. The number of anilines is 1. The lowest BCUT2D eigenvalue weighted by molar-refractivity contribution is -0.141. The molecular weight excluding hydrogens is 366 g/mol. The van der Waals surface area contributed by atoms with E-state index in [1.807, 2.05) is 25.1 Å². The Morgan fingerprint density at radius 3 is 2.41 bits per heavy atom. The number of methoxy groups -OCH3 is 2. The van der Waals surface area contributed by atoms with E-state index in [1.165, 1.54) is 5.69 Å². The zero-order valence-corrected chi connectivity index (χ0v) is 17.6. The van der Waals surface area contributed by atoms with Gasteiger partial charge in [-0.25, -0.2) is 0 Å². The van der Waals surface area contributed by atoms with Gasteiger partial charge in [-0.1, -0.05) is 24.3 Å². The molecule has 2 aliphatic rings. The van der Waals surface area contributed by atoms with Gasteiger partial charge in [0, 0.05) is 50.9 Å². The molecule has 1 atom stereocenters. The average Bonchev–Trinajstić information content (AvgIpc) is 2.75. The van der Waals surface area contributed by atoms with E-state index in [1.54, 1.807) is 14.2 Å². The van der Waals surface area contributed by atoms with Gasteiger partial charge >= 0.3 is 0 Å². The van der Waals surface area contributed by atoms with Crippen LogP contribution in [0.2, 0.25) is 0 Å². The van der Waals surface area contributed by atoms with Crippen LogP contribution in [-0.2, 0) is 15.1 Å². The van der Waals surface area contributed by atoms with E-state index >= 15 is 0 Å². The average molecular weight is 398 g/mol. The SMILES string of the molecule is COC(OC)C1CCN(c2ccc(C3(O)CCOc4cc(C)ccc43)cc2)CC1. The number of aliphatic hydroxyl groups is 1. The predicted molar refractivity (Wildman–Crippen MR) is 113 cm³/mol. The van der Waals surface area contributed by atoms with Gasteiger partial charge < -0.3 is 24.2 Å². The summed E-state index contributed by atoms with van der Waals surface area (Å²) < 4.78 is 16.7. The van der Waals surface area contributed by atoms with Crippen molar-refractivity contribution in [3.8, 4) is 5.75 Å². The van der Waals surface area contributed by atoms with Crippen LogP contribution >= 0.6 is 0 Å². The predicted octanol–water partition coefficient (Wildman–Crippen LogP) is 3.85. The van der Waals surface area contributed by atoms with E-state index in [0.717, 1.165) is 48.4 Å². The Balaban J connectivity index is 1.50. The van der Waals surface area contributed by atoms with Crippen molar-refractivity contribution in [2.75, 3.05) is 38.8 Å². The highest BCUT2D eigenvalue weighted by Gasteiger charge is 2.37. The summed E-state index contributed by atoms with van der Waals surface area (Å²) in [5.74, 6) is 1.22. The number of aryl methyl sites for hydroxylation is 1. The number of hydrogen-bond acceptors (Lipinski definition) is 5. The summed E-state index contributed by atoms with van der Waals surface area (Å²) in [6, 6.07) is 14.4. The van der Waals surface area contributed by atoms with Crippen LogP contribution < -0.4 is 9.64 Å². The van der Waals surface area contributed by atoms with Gasteiger partial charge in [-0.3, -0.25) is 0 Å². The molecule has 2 aliphatic heterocycles. The summed E-state index contributed by atoms with van der Waals surface area (Å²) in [7, 11) is 3.42. The fourth-order valence-electron chi connectivity index (χ4n) is 4.69. The van der Waals surface area contributed by atoms with E-state index < -0.39 is 5.60 Å². The summed E-state index contributed by atoms with van der Waals surface area (Å²) >= 11 is 0. The molecule has 0 bridgehead atoms. The number of fused-ring (bicyclic) bond motifs is 1. The van der Waals surface area contributed by atoms with Gasteiger partial charge in [-0.2, -0.15) is 0 Å². The Morgan fingerprint density at radius 1 is 1.07 bits per heavy atom. The Labute approximate surface area is 173 Å². The van der Waals surface area contributed by atoms with E-state index in [0.29, 0.717) is 18.9 Å². The maximum atomic E-state index is 11.5. The fourth-order valence-corrected chi connectivity index (χ4v) is 4.69. The molecule has 2 heterocycles. The molecule has 0 spiro atoms. The molecular formula is C24H31NO4. The van der Waals surface area contributed by atoms with Gasteiger partial charge in [0.05, 0.1) is 6.61 Å². The highest BCUT2D eigenvalue weighted by atomic mass is 16.7. The molecule has 2 aromatic rings. The van der Waals surface area contributed by atoms with Crippen molar-refractivity contribution in [3.63, 3.8) is 0 Å². The minimum Gasteiger partial charge on any atom is -0.493 e. The zero-order valence-electron chi connectivity index (χ0n) is 17.6. The Bertz CT molecular complexity index is 825. The van der Waals surface area contributed by atoms with Crippen LogP contribution in [0, 0.1) is 12.8 Å². The number of hydrogen-bond donors (Lipinski definition) is 1. The van der Waals surface area contributed by atoms with E-state index in [2.05, 4.69) is 29.2 Å². The lowest BCUT2D eigenvalue weighted by Gasteiger charge is -2.37. The third-order valence-electron chi connectivity index (χ3n) is 6.40. The Morgan fingerprint density at radius 2 is 1.76 bits per heavy atom. The van der Waals surface area contributed by atoms with Crippen LogP contribution in [-0.4, -0.2) is 45.3 Å². The van der Waals surface area contributed by atoms with Gasteiger partial charge in [0.2, 0.25) is 0 Å². The van der Waals surface area contributed by atoms with Crippen molar-refractivity contribution in [1.29, 1.82) is 0 Å². The van der Waals surface area contributed by atoms with Gasteiger partial charge in [-0.15, -0.1) is 0 Å². The topological polar surface area (TPSA) is 51.2 Å². The van der Waals surface area contributed by atoms with Crippen LogP contribution in [0.25, 0.3) is 0 Å². The second-order valence-electron chi connectivity index (χ2n) is 8.17. The van der Waals surface area contributed by atoms with Crippen LogP contribution in [0.5, 0.6) is 5.75 Å². The van der Waals surface area contributed by atoms with Gasteiger partial charge in [0.15, 0.2) is 6.29 Å². The van der Waals surface area contributed by atoms with Crippen molar-refractivity contribution < 1.29 is 19.3 Å². The second kappa shape index (κ2) is 8.34. The van der Waals surface area contributed by atoms with Crippen LogP contribution in [0.4, 0.5) is 5.69 Å². The fraction of sp³-hybridized carbons (Fsp3) is 0.500. The van der Waals surface area contributed by atoms with Crippen molar-refractivity contribution in [2.24, 2.45) is 5.92 Å². The largest absolute Gasteiger partial charge is 0.493 e. The quantitative estimate of drug-likeness (QED) is 0.777. The molecule has 0 amide bonds. The molecule has 1 unspecified atom stereocenters. The zero-order chi connectivity index (χ0) is 20.4. The number of ether oxygens (including phenoxy) is 3. The molecule has 29 heavy (non-hydrogen) atoms. The molecule has 156 valence electrons. The lowest BCUT2D eigenvalue weighted by Crippen LogP contribution is -2.39. The van der Waals surface area contributed by atoms with Crippen LogP contribution in [0.3, 0.4) is 0 Å². The number of nitrogens with zero attached hydrogens (tertiary/aromatic N) is 1. The number of rotatable bonds is 5. The first-order chi connectivity index (χ1) is 14.0. The third-order valence-corrected chi connectivity index (χ3v) is 6.40. The molecule has 2 aromatic carbocycles. The standard InChI is InChI=1S/C24H31NO4/c1-17-4-9-21-22(16-17)29-15-12-24(21,26)19-5-7-20(8-6-19)25-13-10-18(11-14-25)23(27-2)28-3/h4-9,16,18,23,26H,10-15H2,1-3H3. The summed E-state index contributed by atoms with van der Waals surface area (Å²) in [4.78, 5) is 2.40. The van der Waals surface area contributed by atoms with Gasteiger partial charge in [0.25, 0.3) is 0 Å². The van der Waals surface area contributed by atoms with E-state index in [9.17, 15) is 5.11 Å². The Hall–Kier alpha value is -2.08. The van der Waals surface area contributed by atoms with Gasteiger partial charge in [-0.05, 0) is 49.1 Å². The molecule has 1 N–H and O–H groups in total. The van der Waals surface area contributed by atoms with Crippen LogP contribution in [0.15, 0.2) is 42.5 Å². The lowest BCUT2D eigenvalue weighted by atomic mass is 9.81. The number of benzene rings is 2. The first kappa shape index (κ1) is 20.2. The first-order valence-corrected chi connectivity index (χ1v) is 10.4.